The van der Waals surface area contributed by atoms with Crippen molar-refractivity contribution in [2.24, 2.45) is 0 Å². The maximum absolute atomic E-state index is 9.40. The molecule has 0 saturated heterocycles. The van der Waals surface area contributed by atoms with E-state index in [1.165, 1.54) is 22.3 Å². The number of ether oxygens (including phenoxy) is 1. The first kappa shape index (κ1) is 29.7. The second-order valence-electron chi connectivity index (χ2n) is 13.1. The molecule has 5 nitrogen and oxygen atoms in total. The highest BCUT2D eigenvalue weighted by atomic mass is 16.5. The van der Waals surface area contributed by atoms with Crippen molar-refractivity contribution in [1.29, 1.82) is 5.26 Å². The lowest BCUT2D eigenvalue weighted by molar-refractivity contribution is 0.437. The van der Waals surface area contributed by atoms with E-state index in [1.54, 1.807) is 0 Å². The number of fused-ring (bicyclic) bond motifs is 9. The van der Waals surface area contributed by atoms with Gasteiger partial charge in [-0.25, -0.2) is 15.0 Å². The number of benzene rings is 7. The highest BCUT2D eigenvalue weighted by molar-refractivity contribution is 5.89. The van der Waals surface area contributed by atoms with Gasteiger partial charge in [-0.1, -0.05) is 146 Å². The SMILES string of the molecule is N#Cc1ccc(-c2ccc3c(c2)Oc2cc(-c4nc(-c5ccccc5)nc(-c5ccccc5)n4)ccc2C32c3ccccc3-c3ccccc32)cc1. The van der Waals surface area contributed by atoms with Crippen LogP contribution in [-0.4, -0.2) is 15.0 Å². The lowest BCUT2D eigenvalue weighted by atomic mass is 9.66. The molecule has 7 aromatic carbocycles. The zero-order valence-corrected chi connectivity index (χ0v) is 27.9. The van der Waals surface area contributed by atoms with Crippen LogP contribution >= 0.6 is 0 Å². The van der Waals surface area contributed by atoms with Crippen molar-refractivity contribution < 1.29 is 4.74 Å². The number of nitrogens with zero attached hydrogens (tertiary/aromatic N) is 4. The molecule has 0 bridgehead atoms. The van der Waals surface area contributed by atoms with Gasteiger partial charge < -0.3 is 4.74 Å². The molecule has 0 fully saturated rings. The topological polar surface area (TPSA) is 71.7 Å². The zero-order valence-electron chi connectivity index (χ0n) is 27.9. The molecule has 0 amide bonds. The van der Waals surface area contributed by atoms with E-state index in [9.17, 15) is 5.26 Å². The molecule has 0 saturated carbocycles. The molecule has 0 N–H and O–H groups in total. The Morgan fingerprint density at radius 1 is 0.404 bits per heavy atom. The maximum atomic E-state index is 9.40. The molecule has 0 atom stereocenters. The Labute approximate surface area is 301 Å². The standard InChI is InChI=1S/C47H28N4O/c48-29-30-19-21-31(22-20-30)34-23-25-40-42(27-34)52-43-28-35(24-26-41(43)47(40)38-17-9-7-15-36(38)37-16-8-10-18-39(37)47)46-50-44(32-11-3-1-4-12-32)49-45(51-46)33-13-5-2-6-14-33/h1-28H. The highest BCUT2D eigenvalue weighted by Gasteiger charge is 2.51. The van der Waals surface area contributed by atoms with Crippen molar-refractivity contribution in [2.45, 2.75) is 5.41 Å². The predicted octanol–water partition coefficient (Wildman–Crippen LogP) is 10.9. The molecule has 1 spiro atoms. The Hall–Kier alpha value is -7.16. The summed E-state index contributed by atoms with van der Waals surface area (Å²) in [6.07, 6.45) is 0. The molecule has 2 aliphatic rings. The number of hydrogen-bond acceptors (Lipinski definition) is 5. The zero-order chi connectivity index (χ0) is 34.6. The van der Waals surface area contributed by atoms with Gasteiger partial charge in [0.25, 0.3) is 0 Å². The normalized spacial score (nSPS) is 12.9. The number of aromatic nitrogens is 3. The lowest BCUT2D eigenvalue weighted by Gasteiger charge is -2.39. The smallest absolute Gasteiger partial charge is 0.164 e. The van der Waals surface area contributed by atoms with Crippen molar-refractivity contribution in [3.63, 3.8) is 0 Å². The highest BCUT2D eigenvalue weighted by Crippen LogP contribution is 2.62. The summed E-state index contributed by atoms with van der Waals surface area (Å²) >= 11 is 0. The average molecular weight is 665 g/mol. The molecule has 0 radical (unpaired) electrons. The van der Waals surface area contributed by atoms with Crippen LogP contribution in [0.25, 0.3) is 56.4 Å². The first-order valence-corrected chi connectivity index (χ1v) is 17.2. The molecule has 2 heterocycles. The molecule has 8 aromatic rings. The average Bonchev–Trinajstić information content (AvgIpc) is 3.51. The summed E-state index contributed by atoms with van der Waals surface area (Å²) in [7, 11) is 0. The third-order valence-corrected chi connectivity index (χ3v) is 10.2. The quantitative estimate of drug-likeness (QED) is 0.187. The fourth-order valence-corrected chi connectivity index (χ4v) is 7.91. The van der Waals surface area contributed by atoms with Crippen LogP contribution in [0.15, 0.2) is 170 Å². The van der Waals surface area contributed by atoms with Crippen LogP contribution in [0.4, 0.5) is 0 Å². The maximum Gasteiger partial charge on any atom is 0.164 e. The van der Waals surface area contributed by atoms with Gasteiger partial charge in [0.15, 0.2) is 17.5 Å². The van der Waals surface area contributed by atoms with E-state index in [0.29, 0.717) is 23.0 Å². The molecule has 1 aliphatic heterocycles. The van der Waals surface area contributed by atoms with Gasteiger partial charge in [-0.3, -0.25) is 0 Å². The van der Waals surface area contributed by atoms with Gasteiger partial charge in [-0.15, -0.1) is 0 Å². The third kappa shape index (κ3) is 4.52. The molecular formula is C47H28N4O. The monoisotopic (exact) mass is 664 g/mol. The summed E-state index contributed by atoms with van der Waals surface area (Å²) in [5.41, 5.74) is 11.7. The Morgan fingerprint density at radius 2 is 0.846 bits per heavy atom. The molecule has 5 heteroatoms. The van der Waals surface area contributed by atoms with Gasteiger partial charge in [0.1, 0.15) is 11.5 Å². The summed E-state index contributed by atoms with van der Waals surface area (Å²) < 4.78 is 6.97. The van der Waals surface area contributed by atoms with Gasteiger partial charge in [0, 0.05) is 27.8 Å². The van der Waals surface area contributed by atoms with E-state index in [0.717, 1.165) is 50.4 Å². The minimum Gasteiger partial charge on any atom is -0.457 e. The van der Waals surface area contributed by atoms with Crippen molar-refractivity contribution in [3.8, 4) is 74.0 Å². The van der Waals surface area contributed by atoms with Crippen molar-refractivity contribution in [2.75, 3.05) is 0 Å². The Bertz CT molecular complexity index is 2610. The summed E-state index contributed by atoms with van der Waals surface area (Å²) in [5, 5.41) is 9.40. The fraction of sp³-hybridized carbons (Fsp3) is 0.0213. The lowest BCUT2D eigenvalue weighted by Crippen LogP contribution is -2.32. The van der Waals surface area contributed by atoms with Crippen LogP contribution < -0.4 is 4.74 Å². The first-order chi connectivity index (χ1) is 25.7. The summed E-state index contributed by atoms with van der Waals surface area (Å²) in [6.45, 7) is 0. The molecule has 52 heavy (non-hydrogen) atoms. The van der Waals surface area contributed by atoms with Crippen molar-refractivity contribution >= 4 is 0 Å². The molecule has 242 valence electrons. The van der Waals surface area contributed by atoms with Crippen LogP contribution in [0.2, 0.25) is 0 Å². The molecule has 0 unspecified atom stereocenters. The Morgan fingerprint density at radius 3 is 1.38 bits per heavy atom. The first-order valence-electron chi connectivity index (χ1n) is 17.2. The van der Waals surface area contributed by atoms with E-state index >= 15 is 0 Å². The van der Waals surface area contributed by atoms with E-state index in [2.05, 4.69) is 91.0 Å². The molecule has 10 rings (SSSR count). The van der Waals surface area contributed by atoms with Crippen LogP contribution in [0.5, 0.6) is 11.5 Å². The van der Waals surface area contributed by atoms with Crippen LogP contribution in [0.3, 0.4) is 0 Å². The molecule has 1 aromatic heterocycles. The fourth-order valence-electron chi connectivity index (χ4n) is 7.91. The Balaban J connectivity index is 1.20. The predicted molar refractivity (Wildman–Crippen MR) is 204 cm³/mol. The van der Waals surface area contributed by atoms with Gasteiger partial charge in [-0.05, 0) is 57.6 Å². The van der Waals surface area contributed by atoms with E-state index in [4.69, 9.17) is 19.7 Å². The summed E-state index contributed by atoms with van der Waals surface area (Å²) in [5.74, 6) is 3.31. The minimum atomic E-state index is -0.610. The molecular weight excluding hydrogens is 637 g/mol. The van der Waals surface area contributed by atoms with Crippen LogP contribution in [-0.2, 0) is 5.41 Å². The number of rotatable bonds is 4. The van der Waals surface area contributed by atoms with Crippen molar-refractivity contribution in [1.82, 2.24) is 15.0 Å². The summed E-state index contributed by atoms with van der Waals surface area (Å²) in [6, 6.07) is 60.2. The van der Waals surface area contributed by atoms with Gasteiger partial charge in [0.2, 0.25) is 0 Å². The van der Waals surface area contributed by atoms with Crippen LogP contribution in [0, 0.1) is 11.3 Å². The summed E-state index contributed by atoms with van der Waals surface area (Å²) in [4.78, 5) is 14.9. The van der Waals surface area contributed by atoms with Crippen LogP contribution in [0.1, 0.15) is 27.8 Å². The number of nitriles is 1. The largest absolute Gasteiger partial charge is 0.457 e. The van der Waals surface area contributed by atoms with Crippen molar-refractivity contribution in [3.05, 3.63) is 198 Å². The number of hydrogen-bond donors (Lipinski definition) is 0. The third-order valence-electron chi connectivity index (χ3n) is 10.2. The molecule has 1 aliphatic carbocycles. The van der Waals surface area contributed by atoms with Gasteiger partial charge in [0.05, 0.1) is 17.0 Å². The Kier molecular flexibility index (Phi) is 6.70. The minimum absolute atomic E-state index is 0.567. The second kappa shape index (κ2) is 11.7. The van der Waals surface area contributed by atoms with E-state index in [1.807, 2.05) is 84.9 Å². The van der Waals surface area contributed by atoms with E-state index in [-0.39, 0.29) is 0 Å². The van der Waals surface area contributed by atoms with Gasteiger partial charge in [-0.2, -0.15) is 5.26 Å². The van der Waals surface area contributed by atoms with E-state index < -0.39 is 5.41 Å². The van der Waals surface area contributed by atoms with Gasteiger partial charge >= 0.3 is 0 Å². The second-order valence-corrected chi connectivity index (χ2v) is 13.1.